The number of fused-ring (bicyclic) bond motifs is 1. The van der Waals surface area contributed by atoms with Crippen LogP contribution in [0.25, 0.3) is 0 Å². The number of nitrogens with one attached hydrogen (secondary N) is 2. The Balaban J connectivity index is 1.72. The second-order valence-electron chi connectivity index (χ2n) is 4.84. The van der Waals surface area contributed by atoms with E-state index in [-0.39, 0.29) is 11.9 Å². The lowest BCUT2D eigenvalue weighted by molar-refractivity contribution is -0.116. The molecule has 1 aromatic heterocycles. The van der Waals surface area contributed by atoms with Crippen LogP contribution >= 0.6 is 0 Å². The van der Waals surface area contributed by atoms with Gasteiger partial charge in [-0.05, 0) is 18.6 Å². The summed E-state index contributed by atoms with van der Waals surface area (Å²) >= 11 is 0. The molecular formula is C14H16N4O. The van der Waals surface area contributed by atoms with Gasteiger partial charge in [0.05, 0.1) is 5.69 Å². The number of amides is 1. The molecule has 1 aliphatic rings. The zero-order valence-electron chi connectivity index (χ0n) is 11.0. The zero-order chi connectivity index (χ0) is 13.4. The Hall–Kier alpha value is -2.30. The van der Waals surface area contributed by atoms with Gasteiger partial charge in [-0.1, -0.05) is 18.2 Å². The Bertz CT molecular complexity index is 607. The van der Waals surface area contributed by atoms with E-state index in [1.54, 1.807) is 4.68 Å². The quantitative estimate of drug-likeness (QED) is 0.860. The molecule has 19 heavy (non-hydrogen) atoms. The average molecular weight is 256 g/mol. The van der Waals surface area contributed by atoms with Crippen molar-refractivity contribution >= 4 is 17.4 Å². The standard InChI is InChI=1S/C14H16N4O/c1-9-7-13(18(2)17-9)16-14(19)12-8-10-5-3-4-6-11(10)15-12/h3-7,12,15H,8H2,1-2H3,(H,16,19). The van der Waals surface area contributed by atoms with E-state index >= 15 is 0 Å². The molecule has 1 aliphatic heterocycles. The van der Waals surface area contributed by atoms with Crippen LogP contribution in [0.3, 0.4) is 0 Å². The van der Waals surface area contributed by atoms with Crippen LogP contribution in [0.4, 0.5) is 11.5 Å². The molecule has 1 unspecified atom stereocenters. The van der Waals surface area contributed by atoms with Crippen molar-refractivity contribution in [1.82, 2.24) is 9.78 Å². The molecule has 0 radical (unpaired) electrons. The maximum Gasteiger partial charge on any atom is 0.248 e. The molecule has 98 valence electrons. The Kier molecular flexibility index (Phi) is 2.74. The summed E-state index contributed by atoms with van der Waals surface area (Å²) in [7, 11) is 1.82. The molecule has 0 fully saturated rings. The molecule has 2 N–H and O–H groups in total. The number of aromatic nitrogens is 2. The predicted molar refractivity (Wildman–Crippen MR) is 74.1 cm³/mol. The third kappa shape index (κ3) is 2.19. The summed E-state index contributed by atoms with van der Waals surface area (Å²) in [5.74, 6) is 0.694. The van der Waals surface area contributed by atoms with E-state index in [9.17, 15) is 4.79 Å². The van der Waals surface area contributed by atoms with E-state index in [0.717, 1.165) is 23.6 Å². The minimum atomic E-state index is -0.215. The number of nitrogens with zero attached hydrogens (tertiary/aromatic N) is 2. The van der Waals surface area contributed by atoms with E-state index in [0.29, 0.717) is 0 Å². The lowest BCUT2D eigenvalue weighted by Crippen LogP contribution is -2.33. The van der Waals surface area contributed by atoms with Crippen molar-refractivity contribution in [2.24, 2.45) is 7.05 Å². The molecular weight excluding hydrogens is 240 g/mol. The number of carbonyl (C=O) groups excluding carboxylic acids is 1. The van der Waals surface area contributed by atoms with Gasteiger partial charge in [0, 0.05) is 25.2 Å². The number of rotatable bonds is 2. The van der Waals surface area contributed by atoms with Crippen molar-refractivity contribution in [3.05, 3.63) is 41.6 Å². The summed E-state index contributed by atoms with van der Waals surface area (Å²) in [4.78, 5) is 12.2. The van der Waals surface area contributed by atoms with E-state index < -0.39 is 0 Å². The number of para-hydroxylation sites is 1. The first kappa shape index (κ1) is 11.8. The number of benzene rings is 1. The van der Waals surface area contributed by atoms with Crippen molar-refractivity contribution in [1.29, 1.82) is 0 Å². The van der Waals surface area contributed by atoms with Gasteiger partial charge in [0.1, 0.15) is 11.9 Å². The van der Waals surface area contributed by atoms with Gasteiger partial charge in [-0.25, -0.2) is 0 Å². The van der Waals surface area contributed by atoms with E-state index in [1.165, 1.54) is 5.56 Å². The van der Waals surface area contributed by atoms with Crippen molar-refractivity contribution in [2.75, 3.05) is 10.6 Å². The first-order valence-electron chi connectivity index (χ1n) is 6.29. The molecule has 1 amide bonds. The van der Waals surface area contributed by atoms with E-state index in [1.807, 2.05) is 44.3 Å². The van der Waals surface area contributed by atoms with Gasteiger partial charge >= 0.3 is 0 Å². The Morgan fingerprint density at radius 3 is 2.95 bits per heavy atom. The number of anilines is 2. The molecule has 0 saturated carbocycles. The highest BCUT2D eigenvalue weighted by atomic mass is 16.2. The molecule has 0 spiro atoms. The van der Waals surface area contributed by atoms with Crippen molar-refractivity contribution in [3.63, 3.8) is 0 Å². The fourth-order valence-corrected chi connectivity index (χ4v) is 2.40. The van der Waals surface area contributed by atoms with Gasteiger partial charge in [0.2, 0.25) is 5.91 Å². The van der Waals surface area contributed by atoms with E-state index in [4.69, 9.17) is 0 Å². The van der Waals surface area contributed by atoms with Crippen LogP contribution in [-0.2, 0) is 18.3 Å². The van der Waals surface area contributed by atoms with Crippen LogP contribution in [-0.4, -0.2) is 21.7 Å². The molecule has 1 atom stereocenters. The van der Waals surface area contributed by atoms with Crippen molar-refractivity contribution < 1.29 is 4.79 Å². The number of hydrogen-bond acceptors (Lipinski definition) is 3. The average Bonchev–Trinajstić information content (AvgIpc) is 2.93. The largest absolute Gasteiger partial charge is 0.373 e. The summed E-state index contributed by atoms with van der Waals surface area (Å²) in [6.07, 6.45) is 0.721. The smallest absolute Gasteiger partial charge is 0.248 e. The summed E-state index contributed by atoms with van der Waals surface area (Å²) in [5.41, 5.74) is 3.12. The molecule has 5 heteroatoms. The SMILES string of the molecule is Cc1cc(NC(=O)C2Cc3ccccc3N2)n(C)n1. The Morgan fingerprint density at radius 2 is 2.26 bits per heavy atom. The molecule has 3 rings (SSSR count). The number of carbonyl (C=O) groups is 1. The topological polar surface area (TPSA) is 59.0 Å². The van der Waals surface area contributed by atoms with Crippen molar-refractivity contribution in [2.45, 2.75) is 19.4 Å². The Labute approximate surface area is 111 Å². The van der Waals surface area contributed by atoms with Gasteiger partial charge in [0.15, 0.2) is 0 Å². The van der Waals surface area contributed by atoms with E-state index in [2.05, 4.69) is 15.7 Å². The molecule has 0 saturated heterocycles. The fourth-order valence-electron chi connectivity index (χ4n) is 2.40. The van der Waals surface area contributed by atoms with Gasteiger partial charge in [0.25, 0.3) is 0 Å². The highest BCUT2D eigenvalue weighted by Gasteiger charge is 2.26. The van der Waals surface area contributed by atoms with Gasteiger partial charge in [-0.3, -0.25) is 9.48 Å². The van der Waals surface area contributed by atoms with Crippen LogP contribution < -0.4 is 10.6 Å². The molecule has 2 heterocycles. The van der Waals surface area contributed by atoms with Crippen molar-refractivity contribution in [3.8, 4) is 0 Å². The lowest BCUT2D eigenvalue weighted by Gasteiger charge is -2.11. The van der Waals surface area contributed by atoms with Gasteiger partial charge in [-0.15, -0.1) is 0 Å². The number of hydrogen-bond donors (Lipinski definition) is 2. The summed E-state index contributed by atoms with van der Waals surface area (Å²) < 4.78 is 1.68. The normalized spacial score (nSPS) is 16.8. The zero-order valence-corrected chi connectivity index (χ0v) is 11.0. The van der Waals surface area contributed by atoms with Crippen LogP contribution in [0, 0.1) is 6.92 Å². The lowest BCUT2D eigenvalue weighted by atomic mass is 10.1. The highest BCUT2D eigenvalue weighted by molar-refractivity contribution is 5.97. The van der Waals surface area contributed by atoms with Gasteiger partial charge < -0.3 is 10.6 Å². The first-order chi connectivity index (χ1) is 9.13. The monoisotopic (exact) mass is 256 g/mol. The first-order valence-corrected chi connectivity index (χ1v) is 6.29. The summed E-state index contributed by atoms with van der Waals surface area (Å²) in [6.45, 7) is 1.90. The van der Waals surface area contributed by atoms with Crippen LogP contribution in [0.1, 0.15) is 11.3 Å². The maximum absolute atomic E-state index is 12.2. The van der Waals surface area contributed by atoms with Crippen LogP contribution in [0.15, 0.2) is 30.3 Å². The third-order valence-electron chi connectivity index (χ3n) is 3.34. The molecule has 1 aromatic carbocycles. The second kappa shape index (κ2) is 4.42. The highest BCUT2D eigenvalue weighted by Crippen LogP contribution is 2.25. The summed E-state index contributed by atoms with van der Waals surface area (Å²) in [6, 6.07) is 9.65. The van der Waals surface area contributed by atoms with Crippen LogP contribution in [0.2, 0.25) is 0 Å². The fraction of sp³-hybridized carbons (Fsp3) is 0.286. The molecule has 0 aliphatic carbocycles. The third-order valence-corrected chi connectivity index (χ3v) is 3.34. The second-order valence-corrected chi connectivity index (χ2v) is 4.84. The minimum absolute atomic E-state index is 0.0285. The van der Waals surface area contributed by atoms with Crippen LogP contribution in [0.5, 0.6) is 0 Å². The number of aryl methyl sites for hydroxylation is 2. The minimum Gasteiger partial charge on any atom is -0.373 e. The predicted octanol–water partition coefficient (Wildman–Crippen LogP) is 1.70. The molecule has 5 nitrogen and oxygen atoms in total. The molecule has 2 aromatic rings. The maximum atomic E-state index is 12.2. The van der Waals surface area contributed by atoms with Gasteiger partial charge in [-0.2, -0.15) is 5.10 Å². The summed E-state index contributed by atoms with van der Waals surface area (Å²) in [5, 5.41) is 10.4. The Morgan fingerprint density at radius 1 is 1.47 bits per heavy atom. The molecule has 0 bridgehead atoms.